The minimum absolute atomic E-state index is 0. The topological polar surface area (TPSA) is 115 Å². The molecule has 1 fully saturated rings. The van der Waals surface area contributed by atoms with Crippen LogP contribution in [0.3, 0.4) is 0 Å². The number of amides is 1. The number of alkyl halides is 3. The first-order valence-electron chi connectivity index (χ1n) is 16.8. The molecule has 0 bridgehead atoms. The molecule has 1 aliphatic carbocycles. The Morgan fingerprint density at radius 2 is 1.71 bits per heavy atom. The van der Waals surface area contributed by atoms with E-state index in [0.717, 1.165) is 65.8 Å². The molecule has 1 N–H and O–H groups in total. The number of hydrogen-bond donors (Lipinski definition) is 1. The number of aryl methyl sites for hydroxylation is 2. The molecule has 6 rings (SSSR count). The van der Waals surface area contributed by atoms with Crippen molar-refractivity contribution in [2.75, 3.05) is 20.6 Å². The van der Waals surface area contributed by atoms with Crippen molar-refractivity contribution in [3.8, 4) is 28.8 Å². The van der Waals surface area contributed by atoms with Gasteiger partial charge < -0.3 is 26.8 Å². The Balaban J connectivity index is 0.00000523. The molecule has 3 heterocycles. The van der Waals surface area contributed by atoms with Gasteiger partial charge in [0, 0.05) is 26.1 Å². The van der Waals surface area contributed by atoms with Crippen LogP contribution in [0.5, 0.6) is 0 Å². The van der Waals surface area contributed by atoms with Gasteiger partial charge in [0.1, 0.15) is 17.8 Å². The van der Waals surface area contributed by atoms with Crippen molar-refractivity contribution in [2.45, 2.75) is 51.4 Å². The first kappa shape index (κ1) is 38.3. The molecule has 5 aromatic rings. The zero-order valence-electron chi connectivity index (χ0n) is 29.7. The third kappa shape index (κ3) is 7.93. The van der Waals surface area contributed by atoms with Crippen LogP contribution in [0, 0.1) is 24.2 Å². The van der Waals surface area contributed by atoms with Crippen LogP contribution in [0.2, 0.25) is 0 Å². The standard InChI is InChI=1S/C37H40F3N9O2.BrH/c1-24-19-31(45(2)44-24)23-49(4,5)22-26-9-13-28(14-10-26)43-35(50)33-34(32-17-18-42-47(32)29-15-11-25(21-41)12-16-29)46(3)48(36(33)51)30-8-6-7-27(20-30)37(38,39)40;/h6-8,11-12,15-20,26,28H,9-10,13-14,22-23H2,1-5H3;1H/t26-,28-;. The van der Waals surface area contributed by atoms with E-state index in [0.29, 0.717) is 22.9 Å². The highest BCUT2D eigenvalue weighted by Crippen LogP contribution is 2.32. The van der Waals surface area contributed by atoms with E-state index in [1.165, 1.54) is 40.4 Å². The predicted octanol–water partition coefficient (Wildman–Crippen LogP) is 2.53. The van der Waals surface area contributed by atoms with E-state index in [4.69, 9.17) is 0 Å². The average molecular weight is 781 g/mol. The average Bonchev–Trinajstić information content (AvgIpc) is 3.75. The number of nitriles is 1. The monoisotopic (exact) mass is 779 g/mol. The Morgan fingerprint density at radius 1 is 1.02 bits per heavy atom. The number of rotatable bonds is 9. The number of nitrogens with zero attached hydrogens (tertiary/aromatic N) is 8. The summed E-state index contributed by atoms with van der Waals surface area (Å²) in [6, 6.07) is 16.7. The molecule has 52 heavy (non-hydrogen) atoms. The Morgan fingerprint density at radius 3 is 2.33 bits per heavy atom. The molecule has 274 valence electrons. The number of quaternary nitrogens is 1. The fraction of sp³-hybridized carbons (Fsp3) is 0.378. The second kappa shape index (κ2) is 15.0. The third-order valence-electron chi connectivity index (χ3n) is 9.66. The summed E-state index contributed by atoms with van der Waals surface area (Å²) in [5.41, 5.74) is 1.83. The molecular weight excluding hydrogens is 739 g/mol. The lowest BCUT2D eigenvalue weighted by atomic mass is 9.85. The molecular formula is C37H41BrF3N9O2. The van der Waals surface area contributed by atoms with Crippen LogP contribution in [0.25, 0.3) is 22.8 Å². The van der Waals surface area contributed by atoms with Crippen molar-refractivity contribution in [1.82, 2.24) is 34.2 Å². The number of carbonyl (C=O) groups excluding carboxylic acids is 1. The summed E-state index contributed by atoms with van der Waals surface area (Å²) < 4.78 is 47.9. The quantitative estimate of drug-likeness (QED) is 0.231. The van der Waals surface area contributed by atoms with E-state index in [-0.39, 0.29) is 40.0 Å². The highest BCUT2D eigenvalue weighted by atomic mass is 79.9. The zero-order chi connectivity index (χ0) is 36.7. The second-order valence-corrected chi connectivity index (χ2v) is 14.1. The third-order valence-corrected chi connectivity index (χ3v) is 9.66. The maximum atomic E-state index is 14.2. The molecule has 1 amide bonds. The Kier molecular flexibility index (Phi) is 11.0. The lowest BCUT2D eigenvalue weighted by molar-refractivity contribution is -0.907. The molecule has 0 spiro atoms. The van der Waals surface area contributed by atoms with Crippen molar-refractivity contribution in [3.05, 3.63) is 105 Å². The zero-order valence-corrected chi connectivity index (χ0v) is 31.2. The molecule has 1 saturated carbocycles. The molecule has 11 nitrogen and oxygen atoms in total. The molecule has 0 unspecified atom stereocenters. The normalized spacial score (nSPS) is 16.3. The lowest BCUT2D eigenvalue weighted by Gasteiger charge is -2.36. The summed E-state index contributed by atoms with van der Waals surface area (Å²) in [7, 11) is 7.92. The van der Waals surface area contributed by atoms with Crippen molar-refractivity contribution in [2.24, 2.45) is 20.0 Å². The Bertz CT molecular complexity index is 2160. The van der Waals surface area contributed by atoms with Gasteiger partial charge in [0.05, 0.1) is 72.5 Å². The first-order chi connectivity index (χ1) is 24.1. The fourth-order valence-corrected chi connectivity index (χ4v) is 7.33. The van der Waals surface area contributed by atoms with Crippen molar-refractivity contribution >= 4 is 5.91 Å². The number of benzene rings is 2. The molecule has 3 aromatic heterocycles. The van der Waals surface area contributed by atoms with Gasteiger partial charge in [-0.15, -0.1) is 0 Å². The molecule has 15 heteroatoms. The van der Waals surface area contributed by atoms with Gasteiger partial charge in [-0.25, -0.2) is 9.36 Å². The van der Waals surface area contributed by atoms with E-state index in [1.54, 1.807) is 30.3 Å². The largest absolute Gasteiger partial charge is 1.00 e. The van der Waals surface area contributed by atoms with Gasteiger partial charge in [0.15, 0.2) is 0 Å². The number of aromatic nitrogens is 6. The van der Waals surface area contributed by atoms with E-state index < -0.39 is 23.2 Å². The van der Waals surface area contributed by atoms with E-state index in [9.17, 15) is 28.0 Å². The maximum absolute atomic E-state index is 14.2. The minimum atomic E-state index is -4.63. The highest BCUT2D eigenvalue weighted by Gasteiger charge is 2.34. The molecule has 0 saturated heterocycles. The van der Waals surface area contributed by atoms with Gasteiger partial charge >= 0.3 is 6.18 Å². The smallest absolute Gasteiger partial charge is 0.416 e. The molecule has 0 atom stereocenters. The van der Waals surface area contributed by atoms with Gasteiger partial charge in [-0.05, 0) is 87.2 Å². The van der Waals surface area contributed by atoms with Gasteiger partial charge in [0.2, 0.25) is 0 Å². The van der Waals surface area contributed by atoms with Crippen LogP contribution in [-0.4, -0.2) is 66.0 Å². The first-order valence-corrected chi connectivity index (χ1v) is 16.8. The minimum Gasteiger partial charge on any atom is -1.00 e. The fourth-order valence-electron chi connectivity index (χ4n) is 7.33. The van der Waals surface area contributed by atoms with Crippen LogP contribution < -0.4 is 27.9 Å². The summed E-state index contributed by atoms with van der Waals surface area (Å²) in [6.45, 7) is 3.80. The summed E-state index contributed by atoms with van der Waals surface area (Å²) in [4.78, 5) is 28.3. The summed E-state index contributed by atoms with van der Waals surface area (Å²) in [6.07, 6.45) is 0.143. The van der Waals surface area contributed by atoms with Crippen LogP contribution in [0.4, 0.5) is 13.2 Å². The van der Waals surface area contributed by atoms with Crippen molar-refractivity contribution in [1.29, 1.82) is 5.26 Å². The van der Waals surface area contributed by atoms with Crippen LogP contribution in [0.15, 0.2) is 71.7 Å². The number of nitrogens with one attached hydrogen (secondary N) is 1. The molecule has 1 aliphatic rings. The van der Waals surface area contributed by atoms with Crippen molar-refractivity contribution < 1.29 is 39.4 Å². The van der Waals surface area contributed by atoms with Gasteiger partial charge in [-0.1, -0.05) is 6.07 Å². The number of carbonyl (C=O) groups is 1. The Labute approximate surface area is 310 Å². The number of halogens is 4. The lowest BCUT2D eigenvalue weighted by Crippen LogP contribution is -3.00. The van der Waals surface area contributed by atoms with Crippen molar-refractivity contribution in [3.63, 3.8) is 0 Å². The second-order valence-electron chi connectivity index (χ2n) is 14.1. The highest BCUT2D eigenvalue weighted by molar-refractivity contribution is 6.00. The van der Waals surface area contributed by atoms with Crippen LogP contribution >= 0.6 is 0 Å². The summed E-state index contributed by atoms with van der Waals surface area (Å²) in [5, 5.41) is 21.3. The van der Waals surface area contributed by atoms with Gasteiger partial charge in [-0.2, -0.15) is 28.6 Å². The predicted molar refractivity (Wildman–Crippen MR) is 185 cm³/mol. The van der Waals surface area contributed by atoms with Gasteiger partial charge in [-0.3, -0.25) is 19.0 Å². The maximum Gasteiger partial charge on any atom is 0.416 e. The van der Waals surface area contributed by atoms with Crippen LogP contribution in [-0.2, 0) is 26.8 Å². The van der Waals surface area contributed by atoms with Crippen LogP contribution in [0.1, 0.15) is 58.6 Å². The van der Waals surface area contributed by atoms with E-state index in [2.05, 4.69) is 41.7 Å². The van der Waals surface area contributed by atoms with Gasteiger partial charge in [0.25, 0.3) is 11.5 Å². The van der Waals surface area contributed by atoms with E-state index in [1.807, 2.05) is 18.7 Å². The number of hydrogen-bond acceptors (Lipinski definition) is 5. The summed E-state index contributed by atoms with van der Waals surface area (Å²) in [5.74, 6) is -0.148. The van der Waals surface area contributed by atoms with E-state index >= 15 is 0 Å². The Hall–Kier alpha value is -4.94. The molecule has 0 radical (unpaired) electrons. The molecule has 2 aromatic carbocycles. The SMILES string of the molecule is Cc1cc(C[N+](C)(C)C[C@H]2CC[C@H](NC(=O)c3c(-c4ccnn4-c4ccc(C#N)cc4)n(C)n(-c4cccc(C(F)(F)F)c4)c3=O)CC2)n(C)n1.[Br-]. The molecule has 0 aliphatic heterocycles. The summed E-state index contributed by atoms with van der Waals surface area (Å²) >= 11 is 0.